The van der Waals surface area contributed by atoms with Crippen LogP contribution in [0.4, 0.5) is 18.9 Å². The van der Waals surface area contributed by atoms with E-state index in [4.69, 9.17) is 0 Å². The Balaban J connectivity index is 1.59. The summed E-state index contributed by atoms with van der Waals surface area (Å²) in [5.41, 5.74) is 2.06. The van der Waals surface area contributed by atoms with Crippen LogP contribution >= 0.6 is 0 Å². The molecule has 2 aromatic rings. The zero-order valence-electron chi connectivity index (χ0n) is 11.8. The van der Waals surface area contributed by atoms with Gasteiger partial charge in [-0.3, -0.25) is 5.10 Å². The van der Waals surface area contributed by atoms with Crippen LogP contribution < -0.4 is 9.64 Å². The van der Waals surface area contributed by atoms with E-state index in [1.165, 1.54) is 12.1 Å². The van der Waals surface area contributed by atoms with Crippen molar-refractivity contribution in [3.8, 4) is 5.75 Å². The van der Waals surface area contributed by atoms with Crippen LogP contribution in [0, 0.1) is 0 Å². The topological polar surface area (TPSA) is 41.1 Å². The van der Waals surface area contributed by atoms with E-state index in [9.17, 15) is 13.2 Å². The molecule has 0 radical (unpaired) electrons. The molecule has 118 valence electrons. The number of nitrogens with one attached hydrogen (secondary N) is 1. The fourth-order valence-corrected chi connectivity index (χ4v) is 2.80. The molecular formula is C15H16F3N3O. The van der Waals surface area contributed by atoms with Gasteiger partial charge in [-0.1, -0.05) is 0 Å². The number of nitrogens with zero attached hydrogens (tertiary/aromatic N) is 2. The van der Waals surface area contributed by atoms with Crippen LogP contribution in [0.2, 0.25) is 0 Å². The van der Waals surface area contributed by atoms with Gasteiger partial charge in [-0.15, -0.1) is 13.2 Å². The maximum Gasteiger partial charge on any atom is 0.573 e. The Hall–Kier alpha value is -2.18. The lowest BCUT2D eigenvalue weighted by atomic mass is 9.93. The van der Waals surface area contributed by atoms with Gasteiger partial charge in [0.1, 0.15) is 5.75 Å². The molecule has 22 heavy (non-hydrogen) atoms. The second-order valence-electron chi connectivity index (χ2n) is 5.32. The van der Waals surface area contributed by atoms with Crippen LogP contribution in [-0.4, -0.2) is 29.6 Å². The summed E-state index contributed by atoms with van der Waals surface area (Å²) in [6.45, 7) is 1.73. The summed E-state index contributed by atoms with van der Waals surface area (Å²) < 4.78 is 40.3. The zero-order valence-corrected chi connectivity index (χ0v) is 11.8. The molecule has 0 atom stereocenters. The minimum absolute atomic E-state index is 0.191. The summed E-state index contributed by atoms with van der Waals surface area (Å²) in [7, 11) is 0. The highest BCUT2D eigenvalue weighted by molar-refractivity contribution is 5.49. The SMILES string of the molecule is FC(F)(F)Oc1ccc(N2CCC(c3ccn[nH]3)CC2)cc1. The highest BCUT2D eigenvalue weighted by Gasteiger charge is 2.31. The summed E-state index contributed by atoms with van der Waals surface area (Å²) in [4.78, 5) is 2.17. The minimum atomic E-state index is -4.65. The van der Waals surface area contributed by atoms with Gasteiger partial charge in [-0.05, 0) is 43.2 Å². The van der Waals surface area contributed by atoms with Gasteiger partial charge in [0, 0.05) is 36.6 Å². The van der Waals surface area contributed by atoms with Gasteiger partial charge in [-0.2, -0.15) is 5.10 Å². The fourth-order valence-electron chi connectivity index (χ4n) is 2.80. The first-order valence-electron chi connectivity index (χ1n) is 7.11. The van der Waals surface area contributed by atoms with E-state index in [1.54, 1.807) is 18.3 Å². The van der Waals surface area contributed by atoms with Crippen molar-refractivity contribution < 1.29 is 17.9 Å². The molecule has 1 fully saturated rings. The Labute approximate surface area is 125 Å². The van der Waals surface area contributed by atoms with Crippen LogP contribution in [0.1, 0.15) is 24.5 Å². The maximum atomic E-state index is 12.1. The second-order valence-corrected chi connectivity index (χ2v) is 5.32. The third kappa shape index (κ3) is 3.52. The van der Waals surface area contributed by atoms with Crippen LogP contribution in [0.3, 0.4) is 0 Å². The summed E-state index contributed by atoms with van der Waals surface area (Å²) in [6, 6.07) is 8.02. The second kappa shape index (κ2) is 5.90. The molecule has 0 spiro atoms. The minimum Gasteiger partial charge on any atom is -0.406 e. The first-order valence-corrected chi connectivity index (χ1v) is 7.11. The first-order chi connectivity index (χ1) is 10.5. The largest absolute Gasteiger partial charge is 0.573 e. The lowest BCUT2D eigenvalue weighted by Crippen LogP contribution is -2.32. The van der Waals surface area contributed by atoms with E-state index >= 15 is 0 Å². The summed E-state index contributed by atoms with van der Waals surface area (Å²) in [5, 5.41) is 6.97. The number of rotatable bonds is 3. The average Bonchev–Trinajstić information content (AvgIpc) is 3.01. The molecule has 1 aromatic carbocycles. The fraction of sp³-hybridized carbons (Fsp3) is 0.400. The molecule has 4 nitrogen and oxygen atoms in total. The summed E-state index contributed by atoms with van der Waals surface area (Å²) >= 11 is 0. The molecule has 0 aliphatic carbocycles. The van der Waals surface area contributed by atoms with Crippen molar-refractivity contribution in [2.24, 2.45) is 0 Å². The van der Waals surface area contributed by atoms with Gasteiger partial charge < -0.3 is 9.64 Å². The number of anilines is 1. The lowest BCUT2D eigenvalue weighted by molar-refractivity contribution is -0.274. The van der Waals surface area contributed by atoms with Crippen LogP contribution in [0.5, 0.6) is 5.75 Å². The average molecular weight is 311 g/mol. The molecule has 0 saturated carbocycles. The predicted molar refractivity (Wildman–Crippen MR) is 75.9 cm³/mol. The van der Waals surface area contributed by atoms with Crippen molar-refractivity contribution in [2.45, 2.75) is 25.1 Å². The Morgan fingerprint density at radius 1 is 1.09 bits per heavy atom. The van der Waals surface area contributed by atoms with Crippen LogP contribution in [0.15, 0.2) is 36.5 Å². The number of hydrogen-bond donors (Lipinski definition) is 1. The maximum absolute atomic E-state index is 12.1. The van der Waals surface area contributed by atoms with Crippen molar-refractivity contribution in [3.05, 3.63) is 42.2 Å². The molecule has 1 aliphatic rings. The van der Waals surface area contributed by atoms with Crippen molar-refractivity contribution in [3.63, 3.8) is 0 Å². The van der Waals surface area contributed by atoms with Gasteiger partial charge in [0.05, 0.1) is 0 Å². The highest BCUT2D eigenvalue weighted by atomic mass is 19.4. The number of alkyl halides is 3. The molecule has 0 unspecified atom stereocenters. The van der Waals surface area contributed by atoms with Gasteiger partial charge in [-0.25, -0.2) is 0 Å². The number of aromatic amines is 1. The molecule has 1 saturated heterocycles. The van der Waals surface area contributed by atoms with E-state index < -0.39 is 6.36 Å². The number of benzene rings is 1. The molecule has 0 bridgehead atoms. The first kappa shape index (κ1) is 14.7. The number of H-pyrrole nitrogens is 1. The monoisotopic (exact) mass is 311 g/mol. The third-order valence-corrected chi connectivity index (χ3v) is 3.89. The molecule has 7 heteroatoms. The number of halogens is 3. The van der Waals surface area contributed by atoms with Gasteiger partial charge >= 0.3 is 6.36 Å². The number of piperidine rings is 1. The van der Waals surface area contributed by atoms with Gasteiger partial charge in [0.2, 0.25) is 0 Å². The molecule has 1 aromatic heterocycles. The van der Waals surface area contributed by atoms with E-state index in [0.717, 1.165) is 37.3 Å². The Morgan fingerprint density at radius 2 is 1.77 bits per heavy atom. The van der Waals surface area contributed by atoms with Crippen molar-refractivity contribution in [2.75, 3.05) is 18.0 Å². The van der Waals surface area contributed by atoms with Crippen molar-refractivity contribution in [1.29, 1.82) is 0 Å². The Kier molecular flexibility index (Phi) is 3.96. The molecular weight excluding hydrogens is 295 g/mol. The van der Waals surface area contributed by atoms with Crippen molar-refractivity contribution in [1.82, 2.24) is 10.2 Å². The van der Waals surface area contributed by atoms with E-state index in [1.807, 2.05) is 6.07 Å². The molecule has 3 rings (SSSR count). The Bertz CT molecular complexity index is 587. The highest BCUT2D eigenvalue weighted by Crippen LogP contribution is 2.31. The van der Waals surface area contributed by atoms with Gasteiger partial charge in [0.15, 0.2) is 0 Å². The number of ether oxygens (including phenoxy) is 1. The van der Waals surface area contributed by atoms with E-state index in [0.29, 0.717) is 5.92 Å². The smallest absolute Gasteiger partial charge is 0.406 e. The molecule has 1 aliphatic heterocycles. The quantitative estimate of drug-likeness (QED) is 0.940. The summed E-state index contributed by atoms with van der Waals surface area (Å²) in [5.74, 6) is 0.273. The molecule has 2 heterocycles. The van der Waals surface area contributed by atoms with E-state index in [-0.39, 0.29) is 5.75 Å². The third-order valence-electron chi connectivity index (χ3n) is 3.89. The summed E-state index contributed by atoms with van der Waals surface area (Å²) in [6.07, 6.45) is -0.920. The lowest BCUT2D eigenvalue weighted by Gasteiger charge is -2.33. The zero-order chi connectivity index (χ0) is 15.6. The van der Waals surface area contributed by atoms with E-state index in [2.05, 4.69) is 19.8 Å². The number of aromatic nitrogens is 2. The number of hydrogen-bond acceptors (Lipinski definition) is 3. The van der Waals surface area contributed by atoms with Crippen molar-refractivity contribution >= 4 is 5.69 Å². The normalized spacial score (nSPS) is 16.8. The van der Waals surface area contributed by atoms with Crippen LogP contribution in [0.25, 0.3) is 0 Å². The molecule has 1 N–H and O–H groups in total. The standard InChI is InChI=1S/C15H16F3N3O/c16-15(17,18)22-13-3-1-12(2-4-13)21-9-6-11(7-10-21)14-5-8-19-20-14/h1-5,8,11H,6-7,9-10H2,(H,19,20). The molecule has 0 amide bonds. The predicted octanol–water partition coefficient (Wildman–Crippen LogP) is 3.69. The van der Waals surface area contributed by atoms with Gasteiger partial charge in [0.25, 0.3) is 0 Å². The Morgan fingerprint density at radius 3 is 2.32 bits per heavy atom. The van der Waals surface area contributed by atoms with Crippen LogP contribution in [-0.2, 0) is 0 Å².